The topological polar surface area (TPSA) is 56.7 Å². The highest BCUT2D eigenvalue weighted by atomic mass is 16.3. The molecule has 128 valence electrons. The van der Waals surface area contributed by atoms with E-state index in [1.807, 2.05) is 6.20 Å². The van der Waals surface area contributed by atoms with Gasteiger partial charge in [-0.25, -0.2) is 0 Å². The molecule has 0 bridgehead atoms. The van der Waals surface area contributed by atoms with Crippen molar-refractivity contribution in [2.45, 2.75) is 39.3 Å². The predicted octanol–water partition coefficient (Wildman–Crippen LogP) is 1.55. The maximum atomic E-state index is 11.8. The third-order valence-electron chi connectivity index (χ3n) is 4.33. The Kier molecular flexibility index (Phi) is 6.13. The first kappa shape index (κ1) is 17.9. The smallest absolute Gasteiger partial charge is 0.222 e. The molecule has 2 atom stereocenters. The Morgan fingerprint density at radius 3 is 2.70 bits per heavy atom. The molecule has 2 heterocycles. The zero-order chi connectivity index (χ0) is 17.0. The lowest BCUT2D eigenvalue weighted by atomic mass is 10.0. The Morgan fingerprint density at radius 2 is 2.13 bits per heavy atom. The molecular weight excluding hydrogens is 290 g/mol. The Bertz CT molecular complexity index is 514. The monoisotopic (exact) mass is 319 g/mol. The number of aliphatic hydroxyl groups excluding tert-OH is 1. The Balaban J connectivity index is 1.88. The van der Waals surface area contributed by atoms with Gasteiger partial charge in [0.2, 0.25) is 5.91 Å². The zero-order valence-electron chi connectivity index (χ0n) is 14.7. The second kappa shape index (κ2) is 7.88. The van der Waals surface area contributed by atoms with Crippen LogP contribution in [0.1, 0.15) is 31.5 Å². The van der Waals surface area contributed by atoms with Crippen molar-refractivity contribution in [1.82, 2.24) is 14.8 Å². The van der Waals surface area contributed by atoms with Crippen LogP contribution in [0.3, 0.4) is 0 Å². The number of nitrogens with zero attached hydrogens (tertiary/aromatic N) is 3. The van der Waals surface area contributed by atoms with E-state index in [-0.39, 0.29) is 11.8 Å². The largest absolute Gasteiger partial charge is 0.391 e. The average Bonchev–Trinajstić information content (AvgIpc) is 2.80. The van der Waals surface area contributed by atoms with E-state index >= 15 is 0 Å². The van der Waals surface area contributed by atoms with Crippen molar-refractivity contribution in [2.24, 2.45) is 11.8 Å². The van der Waals surface area contributed by atoms with Gasteiger partial charge in [0.15, 0.2) is 0 Å². The van der Waals surface area contributed by atoms with Crippen LogP contribution in [-0.4, -0.2) is 59.1 Å². The van der Waals surface area contributed by atoms with Gasteiger partial charge in [0, 0.05) is 58.0 Å². The zero-order valence-corrected chi connectivity index (χ0v) is 14.7. The summed E-state index contributed by atoms with van der Waals surface area (Å²) in [6.45, 7) is 6.54. The van der Waals surface area contributed by atoms with Crippen LogP contribution in [0.5, 0.6) is 0 Å². The van der Waals surface area contributed by atoms with Crippen molar-refractivity contribution in [3.63, 3.8) is 0 Å². The molecule has 0 spiro atoms. The molecule has 1 aliphatic rings. The van der Waals surface area contributed by atoms with Gasteiger partial charge in [-0.2, -0.15) is 0 Å². The van der Waals surface area contributed by atoms with Gasteiger partial charge in [-0.05, 0) is 24.0 Å². The van der Waals surface area contributed by atoms with E-state index in [2.05, 4.69) is 35.9 Å². The maximum absolute atomic E-state index is 11.8. The fourth-order valence-corrected chi connectivity index (χ4v) is 3.02. The molecule has 1 aromatic rings. The van der Waals surface area contributed by atoms with Crippen molar-refractivity contribution < 1.29 is 9.90 Å². The van der Waals surface area contributed by atoms with Gasteiger partial charge in [0.05, 0.1) is 6.10 Å². The van der Waals surface area contributed by atoms with Crippen molar-refractivity contribution in [1.29, 1.82) is 0 Å². The number of carbonyl (C=O) groups is 1. The molecule has 1 aliphatic heterocycles. The molecule has 1 amide bonds. The molecule has 1 aromatic heterocycles. The highest BCUT2D eigenvalue weighted by molar-refractivity contribution is 5.75. The second-order valence-corrected chi connectivity index (χ2v) is 7.27. The van der Waals surface area contributed by atoms with E-state index in [0.29, 0.717) is 18.9 Å². The van der Waals surface area contributed by atoms with Crippen molar-refractivity contribution in [3.05, 3.63) is 29.6 Å². The standard InChI is InChI=1S/C18H29N3O2/c1-13(2)7-16-6-5-14(9-19-16)10-21-11-15(17(22)12-21)8-18(23)20(3)4/h5-6,9,13,15,17,22H,7-8,10-12H2,1-4H3/t15-,17-/m1/s1. The maximum Gasteiger partial charge on any atom is 0.222 e. The number of aliphatic hydroxyl groups is 1. The summed E-state index contributed by atoms with van der Waals surface area (Å²) < 4.78 is 0. The van der Waals surface area contributed by atoms with Gasteiger partial charge in [-0.15, -0.1) is 0 Å². The third-order valence-corrected chi connectivity index (χ3v) is 4.33. The third kappa shape index (κ3) is 5.29. The van der Waals surface area contributed by atoms with Crippen LogP contribution in [0.4, 0.5) is 0 Å². The number of β-amino-alcohol motifs (C(OH)–C–C–N with tert-alkyl or cyclic N) is 1. The summed E-state index contributed by atoms with van der Waals surface area (Å²) in [6, 6.07) is 4.21. The molecule has 23 heavy (non-hydrogen) atoms. The molecule has 0 saturated carbocycles. The summed E-state index contributed by atoms with van der Waals surface area (Å²) in [4.78, 5) is 20.1. The number of carbonyl (C=O) groups excluding carboxylic acids is 1. The van der Waals surface area contributed by atoms with E-state index in [9.17, 15) is 9.90 Å². The minimum Gasteiger partial charge on any atom is -0.391 e. The highest BCUT2D eigenvalue weighted by Gasteiger charge is 2.33. The Morgan fingerprint density at radius 1 is 1.39 bits per heavy atom. The molecule has 0 aromatic carbocycles. The summed E-state index contributed by atoms with van der Waals surface area (Å²) in [7, 11) is 3.51. The van der Waals surface area contributed by atoms with Crippen molar-refractivity contribution in [2.75, 3.05) is 27.2 Å². The Hall–Kier alpha value is -1.46. The summed E-state index contributed by atoms with van der Waals surface area (Å²) in [6.07, 6.45) is 2.92. The lowest BCUT2D eigenvalue weighted by Crippen LogP contribution is -2.28. The quantitative estimate of drug-likeness (QED) is 0.864. The van der Waals surface area contributed by atoms with Crippen LogP contribution in [0.2, 0.25) is 0 Å². The molecule has 5 nitrogen and oxygen atoms in total. The summed E-state index contributed by atoms with van der Waals surface area (Å²) in [5.74, 6) is 0.714. The second-order valence-electron chi connectivity index (χ2n) is 7.27. The van der Waals surface area contributed by atoms with Crippen LogP contribution in [0, 0.1) is 11.8 Å². The fourth-order valence-electron chi connectivity index (χ4n) is 3.02. The molecule has 5 heteroatoms. The van der Waals surface area contributed by atoms with Crippen LogP contribution in [0.15, 0.2) is 18.3 Å². The number of likely N-dealkylation sites (tertiary alicyclic amines) is 1. The molecular formula is C18H29N3O2. The van der Waals surface area contributed by atoms with Gasteiger partial charge in [0.25, 0.3) is 0 Å². The van der Waals surface area contributed by atoms with E-state index in [0.717, 1.165) is 30.8 Å². The number of hydrogen-bond acceptors (Lipinski definition) is 4. The van der Waals surface area contributed by atoms with E-state index in [4.69, 9.17) is 0 Å². The van der Waals surface area contributed by atoms with Crippen LogP contribution < -0.4 is 0 Å². The van der Waals surface area contributed by atoms with Gasteiger partial charge >= 0.3 is 0 Å². The first-order valence-electron chi connectivity index (χ1n) is 8.39. The van der Waals surface area contributed by atoms with E-state index in [1.54, 1.807) is 19.0 Å². The summed E-state index contributed by atoms with van der Waals surface area (Å²) in [5.41, 5.74) is 2.28. The molecule has 0 radical (unpaired) electrons. The molecule has 0 aliphatic carbocycles. The molecule has 1 fully saturated rings. The predicted molar refractivity (Wildman–Crippen MR) is 90.9 cm³/mol. The van der Waals surface area contributed by atoms with Crippen LogP contribution in [-0.2, 0) is 17.8 Å². The number of rotatable bonds is 6. The lowest BCUT2D eigenvalue weighted by molar-refractivity contribution is -0.130. The first-order valence-corrected chi connectivity index (χ1v) is 8.39. The van der Waals surface area contributed by atoms with Gasteiger partial charge in [0.1, 0.15) is 0 Å². The number of amides is 1. The summed E-state index contributed by atoms with van der Waals surface area (Å²) >= 11 is 0. The minimum atomic E-state index is -0.424. The van der Waals surface area contributed by atoms with E-state index in [1.165, 1.54) is 0 Å². The minimum absolute atomic E-state index is 0.0260. The van der Waals surface area contributed by atoms with Crippen molar-refractivity contribution in [3.8, 4) is 0 Å². The number of pyridine rings is 1. The van der Waals surface area contributed by atoms with Crippen molar-refractivity contribution >= 4 is 5.91 Å². The first-order chi connectivity index (χ1) is 10.8. The SMILES string of the molecule is CC(C)Cc1ccc(CN2C[C@@H](CC(=O)N(C)C)[C@H](O)C2)cn1. The fraction of sp³-hybridized carbons (Fsp3) is 0.667. The van der Waals surface area contributed by atoms with Gasteiger partial charge in [-0.3, -0.25) is 14.7 Å². The normalized spacial score (nSPS) is 21.8. The van der Waals surface area contributed by atoms with Crippen LogP contribution >= 0.6 is 0 Å². The van der Waals surface area contributed by atoms with E-state index < -0.39 is 6.10 Å². The van der Waals surface area contributed by atoms with Crippen LogP contribution in [0.25, 0.3) is 0 Å². The van der Waals surface area contributed by atoms with Gasteiger partial charge in [-0.1, -0.05) is 19.9 Å². The van der Waals surface area contributed by atoms with Gasteiger partial charge < -0.3 is 10.0 Å². The highest BCUT2D eigenvalue weighted by Crippen LogP contribution is 2.22. The number of hydrogen-bond donors (Lipinski definition) is 1. The molecule has 2 rings (SSSR count). The Labute approximate surface area is 139 Å². The molecule has 1 N–H and O–H groups in total. The lowest BCUT2D eigenvalue weighted by Gasteiger charge is -2.17. The molecule has 1 saturated heterocycles. The molecule has 0 unspecified atom stereocenters. The summed E-state index contributed by atoms with van der Waals surface area (Å²) in [5, 5.41) is 10.2. The average molecular weight is 319 g/mol. The number of aromatic nitrogens is 1.